The van der Waals surface area contributed by atoms with Gasteiger partial charge in [-0.3, -0.25) is 0 Å². The largest absolute Gasteiger partial charge is 0.0590 e. The normalized spacial score (nSPS) is 10.9. The predicted octanol–water partition coefficient (Wildman–Crippen LogP) is 4.03. The third-order valence-electron chi connectivity index (χ3n) is 2.88. The molecule has 0 aromatic carbocycles. The summed E-state index contributed by atoms with van der Waals surface area (Å²) in [5, 5.41) is 0. The van der Waals surface area contributed by atoms with Crippen molar-refractivity contribution < 1.29 is 0 Å². The van der Waals surface area contributed by atoms with Crippen molar-refractivity contribution in [3.63, 3.8) is 0 Å². The molecule has 0 amide bonds. The molecule has 14 heavy (non-hydrogen) atoms. The van der Waals surface area contributed by atoms with Gasteiger partial charge in [0.15, 0.2) is 0 Å². The van der Waals surface area contributed by atoms with E-state index in [1.165, 1.54) is 33.4 Å². The van der Waals surface area contributed by atoms with Crippen LogP contribution in [-0.4, -0.2) is 0 Å². The summed E-state index contributed by atoms with van der Waals surface area (Å²) in [4.78, 5) is 0. The monoisotopic (exact) mass is 184 g/mol. The molecule has 2 aliphatic rings. The van der Waals surface area contributed by atoms with E-state index in [0.717, 1.165) is 0 Å². The Morgan fingerprint density at radius 3 is 2.14 bits per heavy atom. The second-order valence-electron chi connectivity index (χ2n) is 4.20. The lowest BCUT2D eigenvalue weighted by Crippen LogP contribution is -1.77. The first kappa shape index (κ1) is 9.26. The van der Waals surface area contributed by atoms with Crippen LogP contribution < -0.4 is 0 Å². The van der Waals surface area contributed by atoms with Crippen LogP contribution >= 0.6 is 0 Å². The van der Waals surface area contributed by atoms with E-state index in [9.17, 15) is 0 Å². The standard InChI is InChI=1S/C14H16/c1-9-5-6-10(2)14-12(4)8-11(3)13(14)7-9/h5-8H,1-4H3. The molecule has 0 radical (unpaired) electrons. The van der Waals surface area contributed by atoms with Crippen molar-refractivity contribution in [1.82, 2.24) is 0 Å². The number of fused-ring (bicyclic) bond motifs is 1. The predicted molar refractivity (Wildman–Crippen MR) is 62.0 cm³/mol. The van der Waals surface area contributed by atoms with Crippen molar-refractivity contribution in [1.29, 1.82) is 0 Å². The Bertz CT molecular complexity index is 452. The Balaban J connectivity index is 2.87. The minimum Gasteiger partial charge on any atom is -0.0590 e. The second kappa shape index (κ2) is 3.13. The number of aryl methyl sites for hydroxylation is 4. The van der Waals surface area contributed by atoms with E-state index in [1.54, 1.807) is 0 Å². The Labute approximate surface area is 85.9 Å². The summed E-state index contributed by atoms with van der Waals surface area (Å²) in [7, 11) is 0. The van der Waals surface area contributed by atoms with Gasteiger partial charge in [-0.05, 0) is 55.5 Å². The fraction of sp³-hybridized carbons (Fsp3) is 0.286. The summed E-state index contributed by atoms with van der Waals surface area (Å²) in [6.07, 6.45) is 0. The van der Waals surface area contributed by atoms with E-state index < -0.39 is 0 Å². The summed E-state index contributed by atoms with van der Waals surface area (Å²) in [6.45, 7) is 8.72. The third-order valence-corrected chi connectivity index (χ3v) is 2.88. The van der Waals surface area contributed by atoms with Gasteiger partial charge in [-0.25, -0.2) is 0 Å². The van der Waals surface area contributed by atoms with Crippen molar-refractivity contribution >= 4 is 0 Å². The van der Waals surface area contributed by atoms with Crippen molar-refractivity contribution in [2.45, 2.75) is 27.7 Å². The van der Waals surface area contributed by atoms with E-state index in [1.807, 2.05) is 0 Å². The zero-order valence-electron chi connectivity index (χ0n) is 9.31. The molecule has 2 rings (SSSR count). The quantitative estimate of drug-likeness (QED) is 0.580. The average molecular weight is 184 g/mol. The van der Waals surface area contributed by atoms with Gasteiger partial charge < -0.3 is 0 Å². The summed E-state index contributed by atoms with van der Waals surface area (Å²) in [6, 6.07) is 8.96. The first-order chi connectivity index (χ1) is 6.59. The number of rotatable bonds is 0. The minimum absolute atomic E-state index is 1.33. The molecule has 0 bridgehead atoms. The highest BCUT2D eigenvalue weighted by Gasteiger charge is 2.11. The lowest BCUT2D eigenvalue weighted by atomic mass is 10.0. The smallest absolute Gasteiger partial charge is 0.0123 e. The second-order valence-corrected chi connectivity index (χ2v) is 4.20. The zero-order valence-corrected chi connectivity index (χ0v) is 9.31. The van der Waals surface area contributed by atoms with E-state index in [-0.39, 0.29) is 0 Å². The van der Waals surface area contributed by atoms with Crippen molar-refractivity contribution in [2.24, 2.45) is 0 Å². The van der Waals surface area contributed by atoms with Crippen LogP contribution in [0.25, 0.3) is 11.1 Å². The minimum atomic E-state index is 1.33. The lowest BCUT2D eigenvalue weighted by Gasteiger charge is -2.00. The molecule has 72 valence electrons. The van der Waals surface area contributed by atoms with E-state index in [4.69, 9.17) is 0 Å². The lowest BCUT2D eigenvalue weighted by molar-refractivity contribution is 1.45. The van der Waals surface area contributed by atoms with Crippen molar-refractivity contribution in [3.8, 4) is 11.1 Å². The topological polar surface area (TPSA) is 0 Å². The van der Waals surface area contributed by atoms with E-state index in [0.29, 0.717) is 0 Å². The van der Waals surface area contributed by atoms with Crippen LogP contribution in [0.4, 0.5) is 0 Å². The van der Waals surface area contributed by atoms with Crippen LogP contribution in [0.2, 0.25) is 0 Å². The molecule has 2 aliphatic carbocycles. The summed E-state index contributed by atoms with van der Waals surface area (Å²) >= 11 is 0. The Hall–Kier alpha value is -1.30. The van der Waals surface area contributed by atoms with Gasteiger partial charge in [0.2, 0.25) is 0 Å². The van der Waals surface area contributed by atoms with Gasteiger partial charge in [0.05, 0.1) is 0 Å². The molecule has 0 fully saturated rings. The van der Waals surface area contributed by atoms with Crippen LogP contribution in [0.15, 0.2) is 24.3 Å². The molecule has 0 heterocycles. The maximum absolute atomic E-state index is 2.28. The molecular formula is C14H16. The van der Waals surface area contributed by atoms with Gasteiger partial charge in [0.1, 0.15) is 0 Å². The highest BCUT2D eigenvalue weighted by Crippen LogP contribution is 2.33. The average Bonchev–Trinajstić information content (AvgIpc) is 2.31. The number of hydrogen-bond donors (Lipinski definition) is 0. The van der Waals surface area contributed by atoms with Crippen molar-refractivity contribution in [2.75, 3.05) is 0 Å². The summed E-state index contributed by atoms with van der Waals surface area (Å²) < 4.78 is 0. The van der Waals surface area contributed by atoms with Crippen LogP contribution in [-0.2, 0) is 0 Å². The molecule has 0 nitrogen and oxygen atoms in total. The van der Waals surface area contributed by atoms with Gasteiger partial charge in [0.25, 0.3) is 0 Å². The summed E-state index contributed by atoms with van der Waals surface area (Å²) in [5.41, 5.74) is 8.32. The van der Waals surface area contributed by atoms with Gasteiger partial charge in [0, 0.05) is 0 Å². The fourth-order valence-corrected chi connectivity index (χ4v) is 2.21. The van der Waals surface area contributed by atoms with Crippen LogP contribution in [0, 0.1) is 27.7 Å². The first-order valence-electron chi connectivity index (χ1n) is 5.07. The Morgan fingerprint density at radius 2 is 1.43 bits per heavy atom. The first-order valence-corrected chi connectivity index (χ1v) is 5.07. The highest BCUT2D eigenvalue weighted by molar-refractivity contribution is 5.77. The Morgan fingerprint density at radius 1 is 0.714 bits per heavy atom. The molecule has 0 aliphatic heterocycles. The Kier molecular flexibility index (Phi) is 2.07. The molecule has 0 unspecified atom stereocenters. The van der Waals surface area contributed by atoms with Gasteiger partial charge in [-0.1, -0.05) is 29.8 Å². The molecule has 0 saturated carbocycles. The number of hydrogen-bond acceptors (Lipinski definition) is 0. The van der Waals surface area contributed by atoms with E-state index >= 15 is 0 Å². The highest BCUT2D eigenvalue weighted by atomic mass is 14.2. The van der Waals surface area contributed by atoms with Gasteiger partial charge in [-0.2, -0.15) is 0 Å². The molecule has 0 N–H and O–H groups in total. The van der Waals surface area contributed by atoms with Crippen LogP contribution in [0.1, 0.15) is 22.3 Å². The maximum Gasteiger partial charge on any atom is -0.0123 e. The molecule has 0 atom stereocenters. The van der Waals surface area contributed by atoms with Crippen LogP contribution in [0.5, 0.6) is 0 Å². The molecular weight excluding hydrogens is 168 g/mol. The van der Waals surface area contributed by atoms with Crippen LogP contribution in [0.3, 0.4) is 0 Å². The van der Waals surface area contributed by atoms with E-state index in [2.05, 4.69) is 52.0 Å². The molecule has 0 saturated heterocycles. The zero-order chi connectivity index (χ0) is 10.3. The molecule has 0 heteroatoms. The fourth-order valence-electron chi connectivity index (χ4n) is 2.21. The van der Waals surface area contributed by atoms with Gasteiger partial charge in [-0.15, -0.1) is 0 Å². The van der Waals surface area contributed by atoms with Crippen molar-refractivity contribution in [3.05, 3.63) is 46.5 Å². The SMILES string of the molecule is Cc1ccc(C)c2c(C)cc(C)c-2c1. The summed E-state index contributed by atoms with van der Waals surface area (Å²) in [5.74, 6) is 0. The molecule has 0 aromatic rings. The van der Waals surface area contributed by atoms with Gasteiger partial charge >= 0.3 is 0 Å². The molecule has 0 aromatic heterocycles. The third kappa shape index (κ3) is 1.31. The maximum atomic E-state index is 2.28. The molecule has 0 spiro atoms.